The van der Waals surface area contributed by atoms with Crippen molar-refractivity contribution < 1.29 is 18.3 Å². The van der Waals surface area contributed by atoms with Crippen molar-refractivity contribution in [1.82, 2.24) is 25.1 Å². The Morgan fingerprint density at radius 1 is 1.17 bits per heavy atom. The highest BCUT2D eigenvalue weighted by molar-refractivity contribution is 7.90. The molecule has 1 aromatic carbocycles. The Kier molecular flexibility index (Phi) is 10.7. The van der Waals surface area contributed by atoms with Gasteiger partial charge in [0.15, 0.2) is 32.3 Å². The van der Waals surface area contributed by atoms with Gasteiger partial charge in [-0.3, -0.25) is 14.6 Å². The number of anilines is 2. The molecule has 2 aliphatic rings. The number of nitrogens with one attached hydrogen (secondary N) is 1. The smallest absolute Gasteiger partial charge is 0.273 e. The lowest BCUT2D eigenvalue weighted by Crippen LogP contribution is -2.58. The Morgan fingerprint density at radius 2 is 1.90 bits per heavy atom. The van der Waals surface area contributed by atoms with Crippen LogP contribution in [0.15, 0.2) is 23.1 Å². The number of benzene rings is 1. The SMILES string of the molecule is CCC[C@H]1CN(c2nc(N)c(C(=O)NCCO)nc2Cl)CCN1C1CCN(Cc2ccc(Cl)cc2S(C)(=O)=O)CC1. The van der Waals surface area contributed by atoms with E-state index in [0.717, 1.165) is 57.4 Å². The van der Waals surface area contributed by atoms with Crippen LogP contribution >= 0.6 is 23.2 Å². The molecule has 2 saturated heterocycles. The number of hydrogen-bond donors (Lipinski definition) is 3. The van der Waals surface area contributed by atoms with E-state index in [1.807, 2.05) is 6.07 Å². The van der Waals surface area contributed by atoms with Gasteiger partial charge in [-0.2, -0.15) is 0 Å². The molecular weight excluding hydrogens is 589 g/mol. The van der Waals surface area contributed by atoms with Crippen LogP contribution < -0.4 is 16.0 Å². The van der Waals surface area contributed by atoms with Gasteiger partial charge in [-0.1, -0.05) is 42.6 Å². The number of carbonyl (C=O) groups excluding carboxylic acids is 1. The number of sulfone groups is 1. The number of likely N-dealkylation sites (tertiary alicyclic amines) is 1. The van der Waals surface area contributed by atoms with Crippen molar-refractivity contribution in [3.63, 3.8) is 0 Å². The van der Waals surface area contributed by atoms with Gasteiger partial charge in [0, 0.05) is 56.1 Å². The highest BCUT2D eigenvalue weighted by atomic mass is 35.5. The monoisotopic (exact) mass is 627 g/mol. The van der Waals surface area contributed by atoms with E-state index < -0.39 is 15.7 Å². The summed E-state index contributed by atoms with van der Waals surface area (Å²) in [6, 6.07) is 5.82. The van der Waals surface area contributed by atoms with E-state index in [2.05, 4.69) is 36.9 Å². The van der Waals surface area contributed by atoms with Crippen LogP contribution in [0.2, 0.25) is 10.2 Å². The molecule has 2 aliphatic heterocycles. The van der Waals surface area contributed by atoms with E-state index in [1.165, 1.54) is 12.3 Å². The molecule has 11 nitrogen and oxygen atoms in total. The average Bonchev–Trinajstić information content (AvgIpc) is 2.94. The van der Waals surface area contributed by atoms with Crippen LogP contribution in [0, 0.1) is 0 Å². The molecule has 2 fully saturated rings. The average molecular weight is 629 g/mol. The van der Waals surface area contributed by atoms with Gasteiger partial charge < -0.3 is 21.1 Å². The van der Waals surface area contributed by atoms with Crippen LogP contribution in [-0.4, -0.2) is 103 Å². The van der Waals surface area contributed by atoms with E-state index in [-0.39, 0.29) is 29.8 Å². The number of rotatable bonds is 10. The molecule has 0 spiro atoms. The first-order chi connectivity index (χ1) is 19.5. The molecule has 14 heteroatoms. The van der Waals surface area contributed by atoms with Crippen molar-refractivity contribution in [3.05, 3.63) is 39.6 Å². The molecule has 0 radical (unpaired) electrons. The van der Waals surface area contributed by atoms with Gasteiger partial charge in [0.25, 0.3) is 5.91 Å². The molecule has 4 N–H and O–H groups in total. The van der Waals surface area contributed by atoms with Crippen LogP contribution in [0.5, 0.6) is 0 Å². The summed E-state index contributed by atoms with van der Waals surface area (Å²) < 4.78 is 24.6. The van der Waals surface area contributed by atoms with Gasteiger partial charge in [0.05, 0.1) is 11.5 Å². The maximum atomic E-state index is 12.3. The van der Waals surface area contributed by atoms with Crippen molar-refractivity contribution in [2.75, 3.05) is 62.8 Å². The Morgan fingerprint density at radius 3 is 2.56 bits per heavy atom. The number of amides is 1. The number of carbonyl (C=O) groups is 1. The Hall–Kier alpha value is -2.22. The Balaban J connectivity index is 1.40. The third-order valence-corrected chi connectivity index (χ3v) is 9.44. The lowest BCUT2D eigenvalue weighted by Gasteiger charge is -2.48. The molecule has 1 atom stereocenters. The molecule has 0 unspecified atom stereocenters. The van der Waals surface area contributed by atoms with E-state index in [1.54, 1.807) is 6.07 Å². The summed E-state index contributed by atoms with van der Waals surface area (Å²) in [5.74, 6) is -0.0504. The number of aromatic nitrogens is 2. The van der Waals surface area contributed by atoms with Gasteiger partial charge in [-0.25, -0.2) is 18.4 Å². The maximum absolute atomic E-state index is 12.3. The topological polar surface area (TPSA) is 145 Å². The highest BCUT2D eigenvalue weighted by Gasteiger charge is 2.35. The molecule has 0 aliphatic carbocycles. The molecule has 1 aromatic heterocycles. The molecule has 2 aromatic rings. The summed E-state index contributed by atoms with van der Waals surface area (Å²) in [6.45, 7) is 6.66. The van der Waals surface area contributed by atoms with Crippen molar-refractivity contribution >= 4 is 50.6 Å². The third-order valence-electron chi connectivity index (χ3n) is 7.77. The van der Waals surface area contributed by atoms with Crippen molar-refractivity contribution in [2.24, 2.45) is 0 Å². The zero-order chi connectivity index (χ0) is 29.7. The van der Waals surface area contributed by atoms with Crippen molar-refractivity contribution in [2.45, 2.75) is 56.1 Å². The highest BCUT2D eigenvalue weighted by Crippen LogP contribution is 2.31. The molecular formula is C27H39Cl2N7O4S. The minimum atomic E-state index is -3.37. The summed E-state index contributed by atoms with van der Waals surface area (Å²) in [7, 11) is -3.37. The second kappa shape index (κ2) is 13.8. The molecule has 41 heavy (non-hydrogen) atoms. The summed E-state index contributed by atoms with van der Waals surface area (Å²) in [5.41, 5.74) is 6.81. The second-order valence-electron chi connectivity index (χ2n) is 10.7. The number of nitrogens with zero attached hydrogens (tertiary/aromatic N) is 5. The van der Waals surface area contributed by atoms with Crippen LogP contribution in [0.3, 0.4) is 0 Å². The van der Waals surface area contributed by atoms with Gasteiger partial charge in [-0.05, 0) is 50.0 Å². The van der Waals surface area contributed by atoms with Gasteiger partial charge >= 0.3 is 0 Å². The predicted octanol–water partition coefficient (Wildman–Crippen LogP) is 2.45. The number of nitrogen functional groups attached to an aromatic ring is 1. The zero-order valence-corrected chi connectivity index (χ0v) is 25.8. The standard InChI is InChI=1S/C27H39Cl2N7O4S/c1-3-4-21-17-35(26-24(29)32-23(25(30)33-26)27(38)31-9-14-37)12-13-36(21)20-7-10-34(11-8-20)16-18-5-6-19(28)15-22(18)41(2,39)40/h5-6,15,20-21,37H,3-4,7-14,16-17H2,1-2H3,(H2,30,33)(H,31,38)/t21-/m0/s1. The first-order valence-corrected chi connectivity index (χ1v) is 16.6. The van der Waals surface area contributed by atoms with Crippen molar-refractivity contribution in [1.29, 1.82) is 0 Å². The van der Waals surface area contributed by atoms with Gasteiger partial charge in [0.2, 0.25) is 0 Å². The quantitative estimate of drug-likeness (QED) is 0.359. The number of nitrogens with two attached hydrogens (primary N) is 1. The zero-order valence-electron chi connectivity index (χ0n) is 23.5. The van der Waals surface area contributed by atoms with E-state index in [4.69, 9.17) is 34.0 Å². The first kappa shape index (κ1) is 31.7. The maximum Gasteiger partial charge on any atom is 0.273 e. The minimum Gasteiger partial charge on any atom is -0.395 e. The predicted molar refractivity (Wildman–Crippen MR) is 161 cm³/mol. The summed E-state index contributed by atoms with van der Waals surface area (Å²) >= 11 is 12.6. The number of halogens is 2. The van der Waals surface area contributed by atoms with Crippen LogP contribution in [0.4, 0.5) is 11.6 Å². The fraction of sp³-hybridized carbons (Fsp3) is 0.593. The molecule has 4 rings (SSSR count). The lowest BCUT2D eigenvalue weighted by molar-refractivity contribution is 0.0587. The number of piperidine rings is 1. The van der Waals surface area contributed by atoms with E-state index in [9.17, 15) is 13.2 Å². The third kappa shape index (κ3) is 7.79. The number of aliphatic hydroxyl groups excluding tert-OH is 1. The van der Waals surface area contributed by atoms with E-state index in [0.29, 0.717) is 40.9 Å². The van der Waals surface area contributed by atoms with Gasteiger partial charge in [0.1, 0.15) is 0 Å². The minimum absolute atomic E-state index is 0.00130. The van der Waals surface area contributed by atoms with Crippen LogP contribution in [-0.2, 0) is 16.4 Å². The van der Waals surface area contributed by atoms with E-state index >= 15 is 0 Å². The molecule has 3 heterocycles. The van der Waals surface area contributed by atoms with Crippen molar-refractivity contribution in [3.8, 4) is 0 Å². The summed E-state index contributed by atoms with van der Waals surface area (Å²) in [5, 5.41) is 12.0. The molecule has 226 valence electrons. The summed E-state index contributed by atoms with van der Waals surface area (Å²) in [6.07, 6.45) is 5.26. The Labute approximate surface area is 251 Å². The normalized spacial score (nSPS) is 19.4. The van der Waals surface area contributed by atoms with Gasteiger partial charge in [-0.15, -0.1) is 0 Å². The van der Waals surface area contributed by atoms with Crippen LogP contribution in [0.25, 0.3) is 0 Å². The lowest BCUT2D eigenvalue weighted by atomic mass is 9.97. The Bertz CT molecular complexity index is 1340. The summed E-state index contributed by atoms with van der Waals surface area (Å²) in [4.78, 5) is 28.3. The molecule has 0 bridgehead atoms. The largest absolute Gasteiger partial charge is 0.395 e. The number of piperazine rings is 1. The number of hydrogen-bond acceptors (Lipinski definition) is 10. The fourth-order valence-electron chi connectivity index (χ4n) is 5.83. The first-order valence-electron chi connectivity index (χ1n) is 13.9. The fourth-order valence-corrected chi connectivity index (χ4v) is 7.26. The second-order valence-corrected chi connectivity index (χ2v) is 13.5. The van der Waals surface area contributed by atoms with Crippen LogP contribution in [0.1, 0.15) is 48.7 Å². The number of aliphatic hydroxyl groups is 1. The molecule has 1 amide bonds. The molecule has 0 saturated carbocycles.